The van der Waals surface area contributed by atoms with Gasteiger partial charge in [0.05, 0.1) is 6.61 Å². The van der Waals surface area contributed by atoms with Crippen molar-refractivity contribution in [2.45, 2.75) is 26.9 Å². The first-order valence-electron chi connectivity index (χ1n) is 4.22. The smallest absolute Gasteiger partial charge is 0.410 e. The third-order valence-electron chi connectivity index (χ3n) is 1.58. The van der Waals surface area contributed by atoms with E-state index >= 15 is 0 Å². The standard InChI is InChI=1S/C8H17NO3/c1-4-9(5-2)8(11)12-7(3)6-10/h7,10H,4-6H2,1-3H3. The van der Waals surface area contributed by atoms with Gasteiger partial charge in [0, 0.05) is 13.1 Å². The van der Waals surface area contributed by atoms with Crippen LogP contribution in [0.3, 0.4) is 0 Å². The first-order chi connectivity index (χ1) is 5.65. The highest BCUT2D eigenvalue weighted by atomic mass is 16.6. The Morgan fingerprint density at radius 2 is 2.00 bits per heavy atom. The van der Waals surface area contributed by atoms with Crippen LogP contribution >= 0.6 is 0 Å². The number of hydrogen-bond donors (Lipinski definition) is 1. The lowest BCUT2D eigenvalue weighted by molar-refractivity contribution is 0.0440. The van der Waals surface area contributed by atoms with E-state index < -0.39 is 6.10 Å². The molecule has 0 aliphatic carbocycles. The van der Waals surface area contributed by atoms with E-state index in [4.69, 9.17) is 9.84 Å². The van der Waals surface area contributed by atoms with Gasteiger partial charge in [0.25, 0.3) is 0 Å². The van der Waals surface area contributed by atoms with Crippen molar-refractivity contribution in [1.82, 2.24) is 4.90 Å². The van der Waals surface area contributed by atoms with Crippen LogP contribution in [0, 0.1) is 0 Å². The summed E-state index contributed by atoms with van der Waals surface area (Å²) in [6, 6.07) is 0. The summed E-state index contributed by atoms with van der Waals surface area (Å²) >= 11 is 0. The van der Waals surface area contributed by atoms with Crippen LogP contribution in [0.5, 0.6) is 0 Å². The number of ether oxygens (including phenoxy) is 1. The molecule has 0 aromatic heterocycles. The van der Waals surface area contributed by atoms with Gasteiger partial charge in [0.15, 0.2) is 0 Å². The molecule has 1 amide bonds. The van der Waals surface area contributed by atoms with Crippen LogP contribution in [0.4, 0.5) is 4.79 Å². The third-order valence-corrected chi connectivity index (χ3v) is 1.58. The Morgan fingerprint density at radius 1 is 1.50 bits per heavy atom. The molecule has 0 aromatic rings. The summed E-state index contributed by atoms with van der Waals surface area (Å²) in [5.41, 5.74) is 0. The van der Waals surface area contributed by atoms with Gasteiger partial charge >= 0.3 is 6.09 Å². The maximum atomic E-state index is 11.2. The third kappa shape index (κ3) is 3.57. The molecule has 0 aliphatic rings. The van der Waals surface area contributed by atoms with Crippen LogP contribution in [-0.4, -0.2) is 41.9 Å². The topological polar surface area (TPSA) is 49.8 Å². The summed E-state index contributed by atoms with van der Waals surface area (Å²) in [6.45, 7) is 6.55. The molecule has 72 valence electrons. The molecule has 4 heteroatoms. The van der Waals surface area contributed by atoms with Gasteiger partial charge in [0.2, 0.25) is 0 Å². The highest BCUT2D eigenvalue weighted by Crippen LogP contribution is 1.97. The average Bonchev–Trinajstić information content (AvgIpc) is 2.06. The van der Waals surface area contributed by atoms with E-state index in [1.165, 1.54) is 0 Å². The molecule has 1 unspecified atom stereocenters. The van der Waals surface area contributed by atoms with Crippen molar-refractivity contribution in [1.29, 1.82) is 0 Å². The van der Waals surface area contributed by atoms with E-state index in [-0.39, 0.29) is 12.7 Å². The highest BCUT2D eigenvalue weighted by Gasteiger charge is 2.13. The lowest BCUT2D eigenvalue weighted by Gasteiger charge is -2.20. The fraction of sp³-hybridized carbons (Fsp3) is 0.875. The summed E-state index contributed by atoms with van der Waals surface area (Å²) < 4.78 is 4.88. The van der Waals surface area contributed by atoms with E-state index in [0.29, 0.717) is 13.1 Å². The van der Waals surface area contributed by atoms with Crippen molar-refractivity contribution in [3.8, 4) is 0 Å². The lowest BCUT2D eigenvalue weighted by atomic mass is 10.4. The Hall–Kier alpha value is -0.770. The lowest BCUT2D eigenvalue weighted by Crippen LogP contribution is -2.34. The number of aliphatic hydroxyl groups is 1. The molecule has 12 heavy (non-hydrogen) atoms. The largest absolute Gasteiger partial charge is 0.444 e. The molecular weight excluding hydrogens is 158 g/mol. The number of carbonyl (C=O) groups excluding carboxylic acids is 1. The molecule has 1 N–H and O–H groups in total. The summed E-state index contributed by atoms with van der Waals surface area (Å²) in [6.07, 6.45) is -0.778. The van der Waals surface area contributed by atoms with Gasteiger partial charge in [-0.05, 0) is 20.8 Å². The van der Waals surface area contributed by atoms with Gasteiger partial charge in [-0.25, -0.2) is 4.79 Å². The van der Waals surface area contributed by atoms with Gasteiger partial charge in [-0.15, -0.1) is 0 Å². The number of hydrogen-bond acceptors (Lipinski definition) is 3. The maximum absolute atomic E-state index is 11.2. The van der Waals surface area contributed by atoms with E-state index in [2.05, 4.69) is 0 Å². The predicted molar refractivity (Wildman–Crippen MR) is 45.9 cm³/mol. The zero-order valence-corrected chi connectivity index (χ0v) is 7.91. The van der Waals surface area contributed by atoms with Crippen molar-refractivity contribution in [3.05, 3.63) is 0 Å². The second kappa shape index (κ2) is 5.83. The number of nitrogens with zero attached hydrogens (tertiary/aromatic N) is 1. The van der Waals surface area contributed by atoms with Crippen LogP contribution < -0.4 is 0 Å². The highest BCUT2D eigenvalue weighted by molar-refractivity contribution is 5.67. The molecule has 0 aromatic carbocycles. The minimum Gasteiger partial charge on any atom is -0.444 e. The Labute approximate surface area is 73.1 Å². The minimum absolute atomic E-state index is 0.132. The Kier molecular flexibility index (Phi) is 5.45. The molecule has 0 fully saturated rings. The van der Waals surface area contributed by atoms with Gasteiger partial charge in [-0.1, -0.05) is 0 Å². The molecule has 1 atom stereocenters. The molecule has 0 rings (SSSR count). The van der Waals surface area contributed by atoms with Crippen molar-refractivity contribution in [3.63, 3.8) is 0 Å². The van der Waals surface area contributed by atoms with Gasteiger partial charge in [-0.3, -0.25) is 0 Å². The summed E-state index contributed by atoms with van der Waals surface area (Å²) in [5.74, 6) is 0. The Balaban J connectivity index is 3.84. The fourth-order valence-corrected chi connectivity index (χ4v) is 0.766. The average molecular weight is 175 g/mol. The number of aliphatic hydroxyl groups excluding tert-OH is 1. The number of rotatable bonds is 4. The van der Waals surface area contributed by atoms with Gasteiger partial charge in [0.1, 0.15) is 6.10 Å². The molecule has 0 saturated carbocycles. The fourth-order valence-electron chi connectivity index (χ4n) is 0.766. The maximum Gasteiger partial charge on any atom is 0.410 e. The van der Waals surface area contributed by atoms with Crippen molar-refractivity contribution in [2.75, 3.05) is 19.7 Å². The minimum atomic E-state index is -0.418. The van der Waals surface area contributed by atoms with Crippen molar-refractivity contribution < 1.29 is 14.6 Å². The number of carbonyl (C=O) groups is 1. The van der Waals surface area contributed by atoms with Crippen LogP contribution in [0.25, 0.3) is 0 Å². The summed E-state index contributed by atoms with van der Waals surface area (Å²) in [7, 11) is 0. The molecule has 0 heterocycles. The van der Waals surface area contributed by atoms with Crippen LogP contribution in [0.1, 0.15) is 20.8 Å². The summed E-state index contributed by atoms with van der Waals surface area (Å²) in [4.78, 5) is 12.7. The summed E-state index contributed by atoms with van der Waals surface area (Å²) in [5, 5.41) is 8.62. The SMILES string of the molecule is CCN(CC)C(=O)OC(C)CO. The van der Waals surface area contributed by atoms with Crippen molar-refractivity contribution >= 4 is 6.09 Å². The first kappa shape index (κ1) is 11.2. The molecular formula is C8H17NO3. The zero-order chi connectivity index (χ0) is 9.56. The van der Waals surface area contributed by atoms with Crippen molar-refractivity contribution in [2.24, 2.45) is 0 Å². The molecule has 0 radical (unpaired) electrons. The number of amides is 1. The monoisotopic (exact) mass is 175 g/mol. The molecule has 4 nitrogen and oxygen atoms in total. The first-order valence-corrected chi connectivity index (χ1v) is 4.22. The predicted octanol–water partition coefficient (Wildman–Crippen LogP) is 0.846. The van der Waals surface area contributed by atoms with Crippen LogP contribution in [0.15, 0.2) is 0 Å². The van der Waals surface area contributed by atoms with Gasteiger partial charge in [-0.2, -0.15) is 0 Å². The van der Waals surface area contributed by atoms with Crippen LogP contribution in [-0.2, 0) is 4.74 Å². The molecule has 0 aliphatic heterocycles. The van der Waals surface area contributed by atoms with Gasteiger partial charge < -0.3 is 14.7 Å². The molecule has 0 saturated heterocycles. The van der Waals surface area contributed by atoms with Crippen LogP contribution in [0.2, 0.25) is 0 Å². The second-order valence-corrected chi connectivity index (χ2v) is 2.55. The Bertz CT molecular complexity index is 134. The van der Waals surface area contributed by atoms with E-state index in [0.717, 1.165) is 0 Å². The Morgan fingerprint density at radius 3 is 2.33 bits per heavy atom. The molecule has 0 bridgehead atoms. The van der Waals surface area contributed by atoms with E-state index in [1.807, 2.05) is 13.8 Å². The normalized spacial score (nSPS) is 12.3. The zero-order valence-electron chi connectivity index (χ0n) is 7.91. The molecule has 0 spiro atoms. The van der Waals surface area contributed by atoms with E-state index in [9.17, 15) is 4.79 Å². The van der Waals surface area contributed by atoms with E-state index in [1.54, 1.807) is 11.8 Å². The quantitative estimate of drug-likeness (QED) is 0.689. The second-order valence-electron chi connectivity index (χ2n) is 2.55.